The predicted molar refractivity (Wildman–Crippen MR) is 36.3 cm³/mol. The zero-order valence-electron chi connectivity index (χ0n) is 6.20. The molecule has 0 saturated carbocycles. The Kier molecular flexibility index (Phi) is 3.99. The number of nitrogens with two attached hydrogens (primary N) is 1. The minimum atomic E-state index is -0.799. The van der Waals surface area contributed by atoms with Crippen molar-refractivity contribution in [2.45, 2.75) is 25.5 Å². The molecule has 0 aromatic rings. The molecule has 0 fully saturated rings. The third-order valence-electron chi connectivity index (χ3n) is 1.21. The van der Waals surface area contributed by atoms with Gasteiger partial charge in [0.1, 0.15) is 0 Å². The number of ether oxygens (including phenoxy) is 1. The highest BCUT2D eigenvalue weighted by Gasteiger charge is 2.14. The molecule has 4 nitrogen and oxygen atoms in total. The minimum absolute atomic E-state index is 0.0336. The lowest BCUT2D eigenvalue weighted by molar-refractivity contribution is -0.143. The van der Waals surface area contributed by atoms with Crippen LogP contribution in [0.15, 0.2) is 0 Å². The highest BCUT2D eigenvalue weighted by Crippen LogP contribution is 1.96. The zero-order chi connectivity index (χ0) is 8.15. The molecule has 0 aliphatic heterocycles. The van der Waals surface area contributed by atoms with E-state index >= 15 is 0 Å². The molecule has 10 heavy (non-hydrogen) atoms. The van der Waals surface area contributed by atoms with Gasteiger partial charge in [-0.2, -0.15) is 0 Å². The minimum Gasteiger partial charge on any atom is -0.469 e. The Hall–Kier alpha value is -0.610. The van der Waals surface area contributed by atoms with E-state index in [0.717, 1.165) is 0 Å². The van der Waals surface area contributed by atoms with Gasteiger partial charge in [0.15, 0.2) is 0 Å². The first-order valence-electron chi connectivity index (χ1n) is 3.08. The van der Waals surface area contributed by atoms with Gasteiger partial charge in [-0.15, -0.1) is 0 Å². The van der Waals surface area contributed by atoms with Crippen molar-refractivity contribution in [3.05, 3.63) is 0 Å². The van der Waals surface area contributed by atoms with Gasteiger partial charge in [-0.05, 0) is 6.92 Å². The van der Waals surface area contributed by atoms with Crippen molar-refractivity contribution >= 4 is 5.97 Å². The largest absolute Gasteiger partial charge is 0.469 e. The number of methoxy groups -OCH3 is 1. The molecular formula is C6H13NO3. The Morgan fingerprint density at radius 3 is 2.60 bits per heavy atom. The van der Waals surface area contributed by atoms with Crippen molar-refractivity contribution < 1.29 is 14.6 Å². The lowest BCUT2D eigenvalue weighted by Gasteiger charge is -2.11. The van der Waals surface area contributed by atoms with Crippen LogP contribution in [0.3, 0.4) is 0 Å². The molecule has 60 valence electrons. The number of aliphatic hydroxyl groups excluding tert-OH is 1. The summed E-state index contributed by atoms with van der Waals surface area (Å²) >= 11 is 0. The van der Waals surface area contributed by atoms with Gasteiger partial charge in [-0.25, -0.2) is 0 Å². The normalized spacial score (nSPS) is 16.0. The second-order valence-corrected chi connectivity index (χ2v) is 2.21. The van der Waals surface area contributed by atoms with E-state index in [1.807, 2.05) is 0 Å². The van der Waals surface area contributed by atoms with Crippen molar-refractivity contribution in [1.82, 2.24) is 0 Å². The van der Waals surface area contributed by atoms with Crippen LogP contribution in [0.1, 0.15) is 13.3 Å². The third-order valence-corrected chi connectivity index (χ3v) is 1.21. The molecule has 2 atom stereocenters. The molecule has 0 aromatic carbocycles. The highest BCUT2D eigenvalue weighted by atomic mass is 16.5. The number of rotatable bonds is 3. The molecule has 0 aliphatic rings. The van der Waals surface area contributed by atoms with E-state index in [2.05, 4.69) is 4.74 Å². The second-order valence-electron chi connectivity index (χ2n) is 2.21. The third kappa shape index (κ3) is 3.42. The van der Waals surface area contributed by atoms with Crippen LogP contribution in [0.2, 0.25) is 0 Å². The van der Waals surface area contributed by atoms with Crippen LogP contribution >= 0.6 is 0 Å². The Balaban J connectivity index is 3.57. The maximum atomic E-state index is 10.5. The molecule has 0 heterocycles. The Morgan fingerprint density at radius 2 is 2.30 bits per heavy atom. The predicted octanol–water partition coefficient (Wildman–Crippen LogP) is -0.742. The van der Waals surface area contributed by atoms with Crippen LogP contribution in [-0.2, 0) is 9.53 Å². The number of esters is 1. The summed E-state index contributed by atoms with van der Waals surface area (Å²) in [5.74, 6) is -0.440. The van der Waals surface area contributed by atoms with Crippen molar-refractivity contribution in [2.24, 2.45) is 5.73 Å². The van der Waals surface area contributed by atoms with Gasteiger partial charge in [-0.3, -0.25) is 4.79 Å². The van der Waals surface area contributed by atoms with E-state index in [1.54, 1.807) is 6.92 Å². The number of carbonyl (C=O) groups is 1. The van der Waals surface area contributed by atoms with Crippen LogP contribution in [0.4, 0.5) is 0 Å². The monoisotopic (exact) mass is 147 g/mol. The Bertz CT molecular complexity index is 114. The first-order valence-corrected chi connectivity index (χ1v) is 3.08. The Morgan fingerprint density at radius 1 is 1.80 bits per heavy atom. The Labute approximate surface area is 60.0 Å². The molecule has 0 radical (unpaired) electrons. The highest BCUT2D eigenvalue weighted by molar-refractivity contribution is 5.69. The summed E-state index contributed by atoms with van der Waals surface area (Å²) in [7, 11) is 1.27. The molecule has 0 saturated heterocycles. The first kappa shape index (κ1) is 9.39. The summed E-state index contributed by atoms with van der Waals surface area (Å²) in [6.07, 6.45) is -0.832. The van der Waals surface area contributed by atoms with Crippen molar-refractivity contribution in [1.29, 1.82) is 0 Å². The summed E-state index contributed by atoms with van der Waals surface area (Å²) in [5.41, 5.74) is 5.28. The van der Waals surface area contributed by atoms with Crippen LogP contribution < -0.4 is 5.73 Å². The summed E-state index contributed by atoms with van der Waals surface area (Å²) in [6.45, 7) is 1.63. The van der Waals surface area contributed by atoms with Crippen LogP contribution in [0, 0.1) is 0 Å². The maximum Gasteiger partial charge on any atom is 0.308 e. The standard InChI is InChI=1S/C6H13NO3/c1-4(7)5(8)3-6(9)10-2/h4-5,8H,3,7H2,1-2H3/t4-,5?/m1/s1. The van der Waals surface area contributed by atoms with E-state index < -0.39 is 12.1 Å². The molecule has 0 aliphatic carbocycles. The van der Waals surface area contributed by atoms with Crippen molar-refractivity contribution in [3.8, 4) is 0 Å². The van der Waals surface area contributed by atoms with Crippen LogP contribution in [0.5, 0.6) is 0 Å². The molecular weight excluding hydrogens is 134 g/mol. The number of hydrogen-bond donors (Lipinski definition) is 2. The van der Waals surface area contributed by atoms with Gasteiger partial charge in [0, 0.05) is 6.04 Å². The average molecular weight is 147 g/mol. The van der Waals surface area contributed by atoms with Crippen molar-refractivity contribution in [2.75, 3.05) is 7.11 Å². The SMILES string of the molecule is COC(=O)CC(O)[C@@H](C)N. The van der Waals surface area contributed by atoms with Gasteiger partial charge in [-0.1, -0.05) is 0 Å². The first-order chi connectivity index (χ1) is 4.57. The van der Waals surface area contributed by atoms with Gasteiger partial charge >= 0.3 is 5.97 Å². The summed E-state index contributed by atoms with van der Waals surface area (Å²) in [4.78, 5) is 10.5. The van der Waals surface area contributed by atoms with E-state index in [4.69, 9.17) is 10.8 Å². The quantitative estimate of drug-likeness (QED) is 0.515. The average Bonchev–Trinajstić information content (AvgIpc) is 1.87. The smallest absolute Gasteiger partial charge is 0.308 e. The van der Waals surface area contributed by atoms with E-state index in [0.29, 0.717) is 0 Å². The summed E-state index contributed by atoms with van der Waals surface area (Å²) in [6, 6.07) is -0.390. The van der Waals surface area contributed by atoms with Crippen LogP contribution in [-0.4, -0.2) is 30.3 Å². The fourth-order valence-electron chi connectivity index (χ4n) is 0.440. The van der Waals surface area contributed by atoms with Gasteiger partial charge < -0.3 is 15.6 Å². The maximum absolute atomic E-state index is 10.5. The molecule has 0 amide bonds. The number of aliphatic hydroxyl groups is 1. The fourth-order valence-corrected chi connectivity index (χ4v) is 0.440. The van der Waals surface area contributed by atoms with Crippen LogP contribution in [0.25, 0.3) is 0 Å². The molecule has 0 spiro atoms. The van der Waals surface area contributed by atoms with Gasteiger partial charge in [0.25, 0.3) is 0 Å². The molecule has 0 aromatic heterocycles. The lowest BCUT2D eigenvalue weighted by Crippen LogP contribution is -2.33. The molecule has 0 rings (SSSR count). The summed E-state index contributed by atoms with van der Waals surface area (Å²) < 4.78 is 4.32. The second kappa shape index (κ2) is 4.24. The van der Waals surface area contributed by atoms with Gasteiger partial charge in [0.2, 0.25) is 0 Å². The molecule has 1 unspecified atom stereocenters. The van der Waals surface area contributed by atoms with E-state index in [9.17, 15) is 4.79 Å². The van der Waals surface area contributed by atoms with E-state index in [-0.39, 0.29) is 12.5 Å². The number of carbonyl (C=O) groups excluding carboxylic acids is 1. The van der Waals surface area contributed by atoms with Crippen molar-refractivity contribution in [3.63, 3.8) is 0 Å². The topological polar surface area (TPSA) is 72.5 Å². The molecule has 3 N–H and O–H groups in total. The number of hydrogen-bond acceptors (Lipinski definition) is 4. The fraction of sp³-hybridized carbons (Fsp3) is 0.833. The molecule has 0 bridgehead atoms. The van der Waals surface area contributed by atoms with E-state index in [1.165, 1.54) is 7.11 Å². The molecule has 4 heteroatoms. The lowest BCUT2D eigenvalue weighted by atomic mass is 10.1. The summed E-state index contributed by atoms with van der Waals surface area (Å²) in [5, 5.41) is 9.00. The zero-order valence-corrected chi connectivity index (χ0v) is 6.20. The van der Waals surface area contributed by atoms with Gasteiger partial charge in [0.05, 0.1) is 19.6 Å².